The van der Waals surface area contributed by atoms with Gasteiger partial charge in [-0.15, -0.1) is 0 Å². The fourth-order valence-corrected chi connectivity index (χ4v) is 3.47. The minimum Gasteiger partial charge on any atom is -0.279 e. The van der Waals surface area contributed by atoms with Crippen LogP contribution in [0.3, 0.4) is 0 Å². The maximum atomic E-state index is 12.5. The smallest absolute Gasteiger partial charge is 0.261 e. The lowest BCUT2D eigenvalue weighted by atomic mass is 9.99. The monoisotopic (exact) mass is 317 g/mol. The topological polar surface area (TPSA) is 46.2 Å². The van der Waals surface area contributed by atoms with Crippen molar-refractivity contribution in [2.45, 2.75) is 44.9 Å². The Labute approximate surface area is 133 Å². The van der Waals surface area contributed by atoms with Crippen molar-refractivity contribution in [2.24, 2.45) is 0 Å². The fourth-order valence-electron chi connectivity index (χ4n) is 2.34. The SMILES string of the molecule is CCC(C)c1ccc(S(=O)(=O)Nc2ccc(C)cc2C)cc1. The Balaban J connectivity index is 2.26. The van der Waals surface area contributed by atoms with E-state index >= 15 is 0 Å². The molecule has 1 atom stereocenters. The summed E-state index contributed by atoms with van der Waals surface area (Å²) in [5, 5.41) is 0. The molecule has 0 aliphatic rings. The molecule has 3 nitrogen and oxygen atoms in total. The van der Waals surface area contributed by atoms with Crippen molar-refractivity contribution < 1.29 is 8.42 Å². The standard InChI is InChI=1S/C18H23NO2S/c1-5-14(3)16-7-9-17(10-8-16)22(20,21)19-18-11-6-13(2)12-15(18)4/h6-12,14,19H,5H2,1-4H3. The number of hydrogen-bond donors (Lipinski definition) is 1. The third kappa shape index (κ3) is 3.69. The first-order valence-corrected chi connectivity index (χ1v) is 9.02. The molecule has 118 valence electrons. The van der Waals surface area contributed by atoms with Gasteiger partial charge in [0.2, 0.25) is 0 Å². The molecule has 1 N–H and O–H groups in total. The molecule has 0 aliphatic heterocycles. The highest BCUT2D eigenvalue weighted by Gasteiger charge is 2.15. The molecule has 0 heterocycles. The van der Waals surface area contributed by atoms with Crippen molar-refractivity contribution in [3.8, 4) is 0 Å². The summed E-state index contributed by atoms with van der Waals surface area (Å²) in [6.07, 6.45) is 1.03. The Morgan fingerprint density at radius 2 is 1.68 bits per heavy atom. The summed E-state index contributed by atoms with van der Waals surface area (Å²) in [5.74, 6) is 0.434. The van der Waals surface area contributed by atoms with Crippen molar-refractivity contribution in [3.63, 3.8) is 0 Å². The summed E-state index contributed by atoms with van der Waals surface area (Å²) < 4.78 is 27.6. The van der Waals surface area contributed by atoms with Gasteiger partial charge in [-0.3, -0.25) is 4.72 Å². The summed E-state index contributed by atoms with van der Waals surface area (Å²) in [7, 11) is -3.55. The van der Waals surface area contributed by atoms with Gasteiger partial charge in [0.15, 0.2) is 0 Å². The molecule has 0 aromatic heterocycles. The van der Waals surface area contributed by atoms with E-state index in [4.69, 9.17) is 0 Å². The number of benzene rings is 2. The van der Waals surface area contributed by atoms with E-state index in [2.05, 4.69) is 18.6 Å². The number of rotatable bonds is 5. The Kier molecular flexibility index (Phi) is 4.91. The first-order valence-electron chi connectivity index (χ1n) is 7.53. The average Bonchev–Trinajstić information content (AvgIpc) is 2.49. The molecule has 0 spiro atoms. The van der Waals surface area contributed by atoms with Crippen LogP contribution in [-0.2, 0) is 10.0 Å². The summed E-state index contributed by atoms with van der Waals surface area (Å²) in [6.45, 7) is 8.14. The molecule has 0 saturated carbocycles. The van der Waals surface area contributed by atoms with E-state index in [1.807, 2.05) is 38.1 Å². The van der Waals surface area contributed by atoms with Gasteiger partial charge >= 0.3 is 0 Å². The zero-order valence-electron chi connectivity index (χ0n) is 13.6. The van der Waals surface area contributed by atoms with E-state index in [9.17, 15) is 8.42 Å². The number of sulfonamides is 1. The van der Waals surface area contributed by atoms with E-state index in [-0.39, 0.29) is 0 Å². The van der Waals surface area contributed by atoms with Gasteiger partial charge in [-0.2, -0.15) is 0 Å². The van der Waals surface area contributed by atoms with Gasteiger partial charge in [0.05, 0.1) is 10.6 Å². The Morgan fingerprint density at radius 1 is 1.05 bits per heavy atom. The summed E-state index contributed by atoms with van der Waals surface area (Å²) in [4.78, 5) is 0.291. The number of hydrogen-bond acceptors (Lipinski definition) is 2. The van der Waals surface area contributed by atoms with Crippen LogP contribution < -0.4 is 4.72 Å². The predicted octanol–water partition coefficient (Wildman–Crippen LogP) is 4.62. The normalized spacial score (nSPS) is 12.9. The van der Waals surface area contributed by atoms with Crippen LogP contribution >= 0.6 is 0 Å². The fraction of sp³-hybridized carbons (Fsp3) is 0.333. The minimum atomic E-state index is -3.55. The lowest BCUT2D eigenvalue weighted by Crippen LogP contribution is -2.14. The first kappa shape index (κ1) is 16.6. The quantitative estimate of drug-likeness (QED) is 0.874. The summed E-state index contributed by atoms with van der Waals surface area (Å²) in [6, 6.07) is 12.8. The van der Waals surface area contributed by atoms with Gasteiger partial charge < -0.3 is 0 Å². The first-order chi connectivity index (χ1) is 10.3. The minimum absolute atomic E-state index is 0.291. The van der Waals surface area contributed by atoms with E-state index in [0.29, 0.717) is 16.5 Å². The zero-order chi connectivity index (χ0) is 16.3. The molecule has 0 bridgehead atoms. The maximum Gasteiger partial charge on any atom is 0.261 e. The van der Waals surface area contributed by atoms with Gasteiger partial charge in [0.25, 0.3) is 10.0 Å². The lowest BCUT2D eigenvalue weighted by Gasteiger charge is -2.13. The molecule has 0 radical (unpaired) electrons. The predicted molar refractivity (Wildman–Crippen MR) is 91.9 cm³/mol. The van der Waals surface area contributed by atoms with Crippen LogP contribution in [0.4, 0.5) is 5.69 Å². The van der Waals surface area contributed by atoms with Crippen molar-refractivity contribution in [3.05, 3.63) is 59.2 Å². The second kappa shape index (κ2) is 6.53. The second-order valence-corrected chi connectivity index (χ2v) is 7.48. The highest BCUT2D eigenvalue weighted by Crippen LogP contribution is 2.23. The van der Waals surface area contributed by atoms with E-state index in [0.717, 1.165) is 23.1 Å². The Hall–Kier alpha value is -1.81. The molecule has 0 fully saturated rings. The molecular formula is C18H23NO2S. The molecule has 0 saturated heterocycles. The second-order valence-electron chi connectivity index (χ2n) is 5.80. The van der Waals surface area contributed by atoms with Crippen LogP contribution in [-0.4, -0.2) is 8.42 Å². The lowest BCUT2D eigenvalue weighted by molar-refractivity contribution is 0.601. The van der Waals surface area contributed by atoms with Crippen LogP contribution in [0.15, 0.2) is 47.4 Å². The van der Waals surface area contributed by atoms with Crippen LogP contribution in [0.1, 0.15) is 42.9 Å². The van der Waals surface area contributed by atoms with Gasteiger partial charge in [-0.05, 0) is 55.5 Å². The molecule has 4 heteroatoms. The van der Waals surface area contributed by atoms with Gasteiger partial charge in [0.1, 0.15) is 0 Å². The molecule has 0 aliphatic carbocycles. The molecule has 2 aromatic carbocycles. The highest BCUT2D eigenvalue weighted by molar-refractivity contribution is 7.92. The number of anilines is 1. The van der Waals surface area contributed by atoms with Crippen molar-refractivity contribution in [2.75, 3.05) is 4.72 Å². The third-order valence-electron chi connectivity index (χ3n) is 4.00. The van der Waals surface area contributed by atoms with Crippen molar-refractivity contribution in [1.29, 1.82) is 0 Å². The van der Waals surface area contributed by atoms with E-state index in [1.54, 1.807) is 18.2 Å². The van der Waals surface area contributed by atoms with Gasteiger partial charge in [-0.1, -0.05) is 43.7 Å². The zero-order valence-corrected chi connectivity index (χ0v) is 14.4. The Morgan fingerprint density at radius 3 is 2.23 bits per heavy atom. The third-order valence-corrected chi connectivity index (χ3v) is 5.38. The van der Waals surface area contributed by atoms with Gasteiger partial charge in [-0.25, -0.2) is 8.42 Å². The molecule has 2 aromatic rings. The Bertz CT molecular complexity index is 749. The van der Waals surface area contributed by atoms with Crippen LogP contribution in [0.25, 0.3) is 0 Å². The average molecular weight is 317 g/mol. The number of nitrogens with one attached hydrogen (secondary N) is 1. The molecular weight excluding hydrogens is 294 g/mol. The molecule has 0 amide bonds. The van der Waals surface area contributed by atoms with Gasteiger partial charge in [0, 0.05) is 0 Å². The van der Waals surface area contributed by atoms with E-state index in [1.165, 1.54) is 0 Å². The maximum absolute atomic E-state index is 12.5. The molecule has 2 rings (SSSR count). The largest absolute Gasteiger partial charge is 0.279 e. The van der Waals surface area contributed by atoms with Crippen molar-refractivity contribution >= 4 is 15.7 Å². The van der Waals surface area contributed by atoms with Crippen LogP contribution in [0.2, 0.25) is 0 Å². The van der Waals surface area contributed by atoms with Crippen LogP contribution in [0, 0.1) is 13.8 Å². The summed E-state index contributed by atoms with van der Waals surface area (Å²) >= 11 is 0. The van der Waals surface area contributed by atoms with Crippen LogP contribution in [0.5, 0.6) is 0 Å². The van der Waals surface area contributed by atoms with E-state index < -0.39 is 10.0 Å². The molecule has 22 heavy (non-hydrogen) atoms. The van der Waals surface area contributed by atoms with Crippen molar-refractivity contribution in [1.82, 2.24) is 0 Å². The number of aryl methyl sites for hydroxylation is 2. The highest BCUT2D eigenvalue weighted by atomic mass is 32.2. The summed E-state index contributed by atoms with van der Waals surface area (Å²) in [5.41, 5.74) is 3.81. The molecule has 1 unspecified atom stereocenters.